The molecule has 260 valence electrons. The average molecular weight is 715 g/mol. The third kappa shape index (κ3) is 4.52. The van der Waals surface area contributed by atoms with E-state index in [9.17, 15) is 0 Å². The van der Waals surface area contributed by atoms with Crippen LogP contribution in [0.2, 0.25) is 0 Å². The lowest BCUT2D eigenvalue weighted by atomic mass is 9.95. The maximum absolute atomic E-state index is 6.69. The van der Waals surface area contributed by atoms with Crippen LogP contribution in [0.3, 0.4) is 0 Å². The van der Waals surface area contributed by atoms with Gasteiger partial charge < -0.3 is 4.42 Å². The second kappa shape index (κ2) is 11.9. The number of rotatable bonds is 4. The first kappa shape index (κ1) is 30.8. The van der Waals surface area contributed by atoms with Crippen molar-refractivity contribution < 1.29 is 4.42 Å². The molecule has 0 N–H and O–H groups in total. The largest absolute Gasteiger partial charge is 0.455 e. The smallest absolute Gasteiger partial charge is 0.238 e. The second-order valence-corrected chi connectivity index (χ2v) is 14.3. The summed E-state index contributed by atoms with van der Waals surface area (Å²) in [5, 5.41) is 11.4. The molecule has 0 saturated carbocycles. The van der Waals surface area contributed by atoms with Crippen molar-refractivity contribution in [3.63, 3.8) is 0 Å². The molecule has 9 aromatic carbocycles. The molecular formula is C51H30N4O. The van der Waals surface area contributed by atoms with Crippen LogP contribution in [0.5, 0.6) is 0 Å². The van der Waals surface area contributed by atoms with E-state index in [-0.39, 0.29) is 0 Å². The Bertz CT molecular complexity index is 3540. The molecule has 3 heterocycles. The number of hydrogen-bond acceptors (Lipinski definition) is 4. The number of aromatic nitrogens is 4. The van der Waals surface area contributed by atoms with Crippen LogP contribution in [-0.4, -0.2) is 19.5 Å². The second-order valence-electron chi connectivity index (χ2n) is 14.3. The Morgan fingerprint density at radius 1 is 0.375 bits per heavy atom. The number of hydrogen-bond donors (Lipinski definition) is 0. The Labute approximate surface area is 320 Å². The van der Waals surface area contributed by atoms with Crippen LogP contribution in [0.15, 0.2) is 186 Å². The van der Waals surface area contributed by atoms with Gasteiger partial charge in [-0.2, -0.15) is 9.97 Å². The quantitative estimate of drug-likeness (QED) is 0.170. The Morgan fingerprint density at radius 2 is 0.982 bits per heavy atom. The van der Waals surface area contributed by atoms with Crippen molar-refractivity contribution in [2.75, 3.05) is 0 Å². The molecule has 0 aliphatic heterocycles. The Morgan fingerprint density at radius 3 is 1.80 bits per heavy atom. The molecule has 5 heteroatoms. The van der Waals surface area contributed by atoms with E-state index in [1.165, 1.54) is 21.5 Å². The lowest BCUT2D eigenvalue weighted by Gasteiger charge is -2.14. The van der Waals surface area contributed by atoms with Crippen molar-refractivity contribution in [3.05, 3.63) is 182 Å². The minimum Gasteiger partial charge on any atom is -0.455 e. The zero-order chi connectivity index (χ0) is 36.7. The van der Waals surface area contributed by atoms with Crippen molar-refractivity contribution in [1.82, 2.24) is 19.5 Å². The van der Waals surface area contributed by atoms with Crippen LogP contribution in [-0.2, 0) is 0 Å². The Balaban J connectivity index is 1.27. The van der Waals surface area contributed by atoms with E-state index in [2.05, 4.69) is 156 Å². The van der Waals surface area contributed by atoms with E-state index in [4.69, 9.17) is 19.4 Å². The summed E-state index contributed by atoms with van der Waals surface area (Å²) in [6.07, 6.45) is 0. The van der Waals surface area contributed by atoms with Gasteiger partial charge in [-0.1, -0.05) is 170 Å². The number of furan rings is 1. The van der Waals surface area contributed by atoms with Crippen LogP contribution >= 0.6 is 0 Å². The maximum atomic E-state index is 6.69. The van der Waals surface area contributed by atoms with Gasteiger partial charge in [-0.25, -0.2) is 4.98 Å². The summed E-state index contributed by atoms with van der Waals surface area (Å²) in [6, 6.07) is 63.7. The van der Waals surface area contributed by atoms with Crippen LogP contribution < -0.4 is 0 Å². The number of nitrogens with zero attached hydrogens (tertiary/aromatic N) is 4. The highest BCUT2D eigenvalue weighted by Crippen LogP contribution is 2.46. The fourth-order valence-corrected chi connectivity index (χ4v) is 8.74. The standard InChI is InChI=1S/C51H30N4O/c1-2-15-32(16-3-1)49-52-50(34-29-28-31-14-4-5-17-33(31)30-34)54-51(53-49)55-46-40(42-25-13-24-41-37-20-10-11-27-44(37)56-48(41)42)23-12-26-43(46)45-38-21-8-6-18-35(38)36-19-7-9-22-39(36)47(45)55/h1-30H. The van der Waals surface area contributed by atoms with Crippen molar-refractivity contribution in [3.8, 4) is 39.9 Å². The van der Waals surface area contributed by atoms with E-state index >= 15 is 0 Å². The summed E-state index contributed by atoms with van der Waals surface area (Å²) in [6.45, 7) is 0. The molecule has 0 saturated heterocycles. The van der Waals surface area contributed by atoms with Crippen molar-refractivity contribution in [2.24, 2.45) is 0 Å². The van der Waals surface area contributed by atoms with Crippen LogP contribution in [0.25, 0.3) is 116 Å². The van der Waals surface area contributed by atoms with E-state index < -0.39 is 0 Å². The van der Waals surface area contributed by atoms with E-state index in [1.807, 2.05) is 30.3 Å². The lowest BCUT2D eigenvalue weighted by Crippen LogP contribution is -2.07. The number of fused-ring (bicyclic) bond motifs is 12. The monoisotopic (exact) mass is 714 g/mol. The molecular weight excluding hydrogens is 685 g/mol. The molecule has 0 unspecified atom stereocenters. The maximum Gasteiger partial charge on any atom is 0.238 e. The summed E-state index contributed by atoms with van der Waals surface area (Å²) >= 11 is 0. The number of benzene rings is 9. The average Bonchev–Trinajstić information content (AvgIpc) is 3.84. The van der Waals surface area contributed by atoms with Crippen molar-refractivity contribution in [1.29, 1.82) is 0 Å². The fourth-order valence-electron chi connectivity index (χ4n) is 8.74. The SMILES string of the molecule is c1ccc(-c2nc(-c3ccc4ccccc4c3)nc(-n3c4c(-c5cccc6c5oc5ccccc56)cccc4c4c5ccccc5c5ccccc5c43)n2)cc1. The van der Waals surface area contributed by atoms with E-state index in [1.54, 1.807) is 0 Å². The van der Waals surface area contributed by atoms with E-state index in [0.717, 1.165) is 76.8 Å². The summed E-state index contributed by atoms with van der Waals surface area (Å²) in [7, 11) is 0. The van der Waals surface area contributed by atoms with Gasteiger partial charge in [0.1, 0.15) is 11.2 Å². The Kier molecular flexibility index (Phi) is 6.56. The van der Waals surface area contributed by atoms with Gasteiger partial charge >= 0.3 is 0 Å². The van der Waals surface area contributed by atoms with Gasteiger partial charge in [0, 0.05) is 49.2 Å². The lowest BCUT2D eigenvalue weighted by molar-refractivity contribution is 0.670. The van der Waals surface area contributed by atoms with Gasteiger partial charge in [-0.15, -0.1) is 0 Å². The van der Waals surface area contributed by atoms with Gasteiger partial charge in [0.15, 0.2) is 11.6 Å². The van der Waals surface area contributed by atoms with Gasteiger partial charge in [0.05, 0.1) is 11.0 Å². The molecule has 12 aromatic rings. The minimum absolute atomic E-state index is 0.548. The van der Waals surface area contributed by atoms with Gasteiger partial charge in [-0.3, -0.25) is 4.57 Å². The number of para-hydroxylation sites is 3. The van der Waals surface area contributed by atoms with Crippen molar-refractivity contribution >= 4 is 76.1 Å². The molecule has 0 fully saturated rings. The molecule has 0 bridgehead atoms. The summed E-state index contributed by atoms with van der Waals surface area (Å²) in [5.41, 5.74) is 7.66. The Hall–Kier alpha value is -7.63. The molecule has 0 amide bonds. The van der Waals surface area contributed by atoms with Gasteiger partial charge in [0.2, 0.25) is 5.95 Å². The fraction of sp³-hybridized carbons (Fsp3) is 0. The van der Waals surface area contributed by atoms with Crippen LogP contribution in [0.4, 0.5) is 0 Å². The van der Waals surface area contributed by atoms with Crippen LogP contribution in [0.1, 0.15) is 0 Å². The molecule has 0 radical (unpaired) electrons. The third-order valence-corrected chi connectivity index (χ3v) is 11.2. The first-order valence-electron chi connectivity index (χ1n) is 18.9. The molecule has 3 aromatic heterocycles. The summed E-state index contributed by atoms with van der Waals surface area (Å²) in [5.74, 6) is 1.76. The predicted octanol–water partition coefficient (Wildman–Crippen LogP) is 13.3. The van der Waals surface area contributed by atoms with Gasteiger partial charge in [-0.05, 0) is 39.1 Å². The topological polar surface area (TPSA) is 56.7 Å². The first-order valence-corrected chi connectivity index (χ1v) is 18.9. The molecule has 0 aliphatic carbocycles. The minimum atomic E-state index is 0.548. The summed E-state index contributed by atoms with van der Waals surface area (Å²) in [4.78, 5) is 15.9. The molecule has 0 aliphatic rings. The van der Waals surface area contributed by atoms with E-state index in [0.29, 0.717) is 17.6 Å². The normalized spacial score (nSPS) is 11.9. The van der Waals surface area contributed by atoms with Crippen molar-refractivity contribution in [2.45, 2.75) is 0 Å². The van der Waals surface area contributed by atoms with Gasteiger partial charge in [0.25, 0.3) is 0 Å². The summed E-state index contributed by atoms with van der Waals surface area (Å²) < 4.78 is 8.97. The zero-order valence-corrected chi connectivity index (χ0v) is 30.0. The zero-order valence-electron chi connectivity index (χ0n) is 30.0. The third-order valence-electron chi connectivity index (χ3n) is 11.2. The molecule has 5 nitrogen and oxygen atoms in total. The first-order chi connectivity index (χ1) is 27.8. The predicted molar refractivity (Wildman–Crippen MR) is 230 cm³/mol. The highest BCUT2D eigenvalue weighted by Gasteiger charge is 2.25. The highest BCUT2D eigenvalue weighted by molar-refractivity contribution is 6.33. The molecule has 0 atom stereocenters. The van der Waals surface area contributed by atoms with Crippen LogP contribution in [0, 0.1) is 0 Å². The molecule has 12 rings (SSSR count). The molecule has 56 heavy (non-hydrogen) atoms. The highest BCUT2D eigenvalue weighted by atomic mass is 16.3. The molecule has 0 spiro atoms.